The lowest BCUT2D eigenvalue weighted by atomic mass is 9.93. The number of ether oxygens (including phenoxy) is 1. The predicted octanol–water partition coefficient (Wildman–Crippen LogP) is 16.6. The van der Waals surface area contributed by atoms with Crippen molar-refractivity contribution in [3.8, 4) is 35.1 Å². The quantitative estimate of drug-likeness (QED) is 0.0891. The van der Waals surface area contributed by atoms with Gasteiger partial charge < -0.3 is 10.1 Å². The molecule has 0 bridgehead atoms. The molecule has 65 heavy (non-hydrogen) atoms. The summed E-state index contributed by atoms with van der Waals surface area (Å²) in [6, 6.07) is 42.0. The zero-order valence-electron chi connectivity index (χ0n) is 38.8. The van der Waals surface area contributed by atoms with Crippen molar-refractivity contribution in [2.24, 2.45) is 4.99 Å². The fourth-order valence-corrected chi connectivity index (χ4v) is 8.02. The second-order valence-electron chi connectivity index (χ2n) is 15.7. The van der Waals surface area contributed by atoms with E-state index in [1.54, 1.807) is 17.5 Å². The minimum absolute atomic E-state index is 0.497. The molecule has 5 aromatic rings. The Hall–Kier alpha value is -6.93. The number of benzene rings is 4. The van der Waals surface area contributed by atoms with Crippen LogP contribution in [0.5, 0.6) is 0 Å². The normalized spacial score (nSPS) is 16.2. The van der Waals surface area contributed by atoms with E-state index in [2.05, 4.69) is 220 Å². The van der Waals surface area contributed by atoms with Crippen LogP contribution >= 0.6 is 11.3 Å². The van der Waals surface area contributed by atoms with E-state index in [0.717, 1.165) is 55.5 Å². The van der Waals surface area contributed by atoms with Crippen LogP contribution in [-0.4, -0.2) is 19.4 Å². The fraction of sp³-hybridized carbons (Fsp3) is 0.197. The highest BCUT2D eigenvalue weighted by molar-refractivity contribution is 7.16. The minimum atomic E-state index is 0.497. The first-order chi connectivity index (χ1) is 31.9. The largest absolute Gasteiger partial charge is 0.494 e. The molecule has 0 unspecified atom stereocenters. The molecule has 0 aliphatic carbocycles. The summed E-state index contributed by atoms with van der Waals surface area (Å²) in [5, 5.41) is 7.22. The number of rotatable bonds is 14. The van der Waals surface area contributed by atoms with Crippen molar-refractivity contribution in [3.63, 3.8) is 0 Å². The Kier molecular flexibility index (Phi) is 20.6. The first-order valence-electron chi connectivity index (χ1n) is 22.7. The van der Waals surface area contributed by atoms with Crippen LogP contribution in [0, 0.1) is 19.8 Å². The summed E-state index contributed by atoms with van der Waals surface area (Å²) in [7, 11) is 0. The number of terminal acetylenes is 1. The average molecular weight is 873 g/mol. The van der Waals surface area contributed by atoms with E-state index < -0.39 is 0 Å². The van der Waals surface area contributed by atoms with Crippen molar-refractivity contribution in [2.75, 3.05) is 13.2 Å². The molecule has 0 fully saturated rings. The third kappa shape index (κ3) is 15.7. The van der Waals surface area contributed by atoms with Gasteiger partial charge >= 0.3 is 0 Å². The van der Waals surface area contributed by atoms with Crippen molar-refractivity contribution >= 4 is 38.9 Å². The van der Waals surface area contributed by atoms with Crippen LogP contribution in [0.3, 0.4) is 0 Å². The smallest absolute Gasteiger partial charge is 0.108 e. The molecular formula is C61H64N2OS. The molecule has 3 nitrogen and oxygen atoms in total. The minimum Gasteiger partial charge on any atom is -0.494 e. The fourth-order valence-electron chi connectivity index (χ4n) is 7.29. The summed E-state index contributed by atoms with van der Waals surface area (Å²) in [6.45, 7) is 12.3. The van der Waals surface area contributed by atoms with Crippen molar-refractivity contribution in [1.29, 1.82) is 0 Å². The predicted molar refractivity (Wildman–Crippen MR) is 286 cm³/mol. The second-order valence-corrected chi connectivity index (χ2v) is 16.7. The molecule has 1 aromatic heterocycles. The summed E-state index contributed by atoms with van der Waals surface area (Å²) in [6.07, 6.45) is 38.2. The third-order valence-corrected chi connectivity index (χ3v) is 11.7. The number of allylic oxidation sites excluding steroid dienone is 13. The Morgan fingerprint density at radius 3 is 2.31 bits per heavy atom. The molecule has 0 radical (unpaired) electrons. The molecule has 0 amide bonds. The highest BCUT2D eigenvalue weighted by Gasteiger charge is 2.11. The van der Waals surface area contributed by atoms with Crippen LogP contribution in [0.25, 0.3) is 43.6 Å². The van der Waals surface area contributed by atoms with Crippen LogP contribution in [-0.2, 0) is 11.2 Å². The maximum Gasteiger partial charge on any atom is 0.108 e. The molecule has 0 atom stereocenters. The molecule has 1 aliphatic heterocycles. The van der Waals surface area contributed by atoms with Crippen molar-refractivity contribution < 1.29 is 4.74 Å². The van der Waals surface area contributed by atoms with E-state index in [1.807, 2.05) is 25.3 Å². The van der Waals surface area contributed by atoms with Crippen LogP contribution in [0.2, 0.25) is 0 Å². The number of hydrogen-bond acceptors (Lipinski definition) is 4. The summed E-state index contributed by atoms with van der Waals surface area (Å²) in [5.74, 6) is 0.859. The van der Waals surface area contributed by atoms with Crippen molar-refractivity contribution in [1.82, 2.24) is 5.32 Å². The second kappa shape index (κ2) is 27.3. The molecule has 0 spiro atoms. The van der Waals surface area contributed by atoms with Gasteiger partial charge in [-0.1, -0.05) is 153 Å². The molecule has 1 aliphatic rings. The van der Waals surface area contributed by atoms with E-state index in [4.69, 9.17) is 4.74 Å². The summed E-state index contributed by atoms with van der Waals surface area (Å²) < 4.78 is 7.12. The standard InChI is InChI=1S/C59H62N2OS.C2H2/c1-6-8-20-48(30-31-49-32-35-58-56(41-49)23-11-9-10-14-40-63-58)21-15-19-46(4)59(61-36-7-2)57-44-55(33-28-45(57)3)54-27-17-26-53(43-54)52-25-16-24-51(42-52)50-22-12-13-37-60-38-18-39-62-47(5)29-34-50;1-2/h8-12,14-20,22-30,32-35,37-38,40-44,61H,6-7,13,21,31,36,39H2,1-5H3;1-2H/b10-9?,19-15-,20-8-,22-12+,23-11?,38-18-,40-14?,47-29+,48-30+,50-34+,59-46-,60-37?;. The summed E-state index contributed by atoms with van der Waals surface area (Å²) >= 11 is 1.77. The van der Waals surface area contributed by atoms with Gasteiger partial charge in [0.05, 0.1) is 5.76 Å². The van der Waals surface area contributed by atoms with Crippen molar-refractivity contribution in [3.05, 3.63) is 227 Å². The first-order valence-corrected chi connectivity index (χ1v) is 23.6. The Morgan fingerprint density at radius 1 is 0.769 bits per heavy atom. The molecule has 1 N–H and O–H groups in total. The van der Waals surface area contributed by atoms with Gasteiger partial charge in [-0.3, -0.25) is 4.99 Å². The van der Waals surface area contributed by atoms with Gasteiger partial charge in [-0.2, -0.15) is 0 Å². The average Bonchev–Trinajstić information content (AvgIpc) is 3.46. The van der Waals surface area contributed by atoms with Crippen molar-refractivity contribution in [2.45, 2.75) is 66.7 Å². The first kappa shape index (κ1) is 49.1. The highest BCUT2D eigenvalue weighted by Crippen LogP contribution is 2.32. The van der Waals surface area contributed by atoms with Gasteiger partial charge in [0.2, 0.25) is 0 Å². The lowest BCUT2D eigenvalue weighted by molar-refractivity contribution is 0.250. The van der Waals surface area contributed by atoms with Crippen LogP contribution in [0.4, 0.5) is 0 Å². The van der Waals surface area contributed by atoms with Gasteiger partial charge in [0.1, 0.15) is 6.61 Å². The van der Waals surface area contributed by atoms with Crippen LogP contribution in [0.15, 0.2) is 209 Å². The zero-order chi connectivity index (χ0) is 46.1. The molecule has 0 saturated carbocycles. The van der Waals surface area contributed by atoms with Gasteiger partial charge in [0.15, 0.2) is 0 Å². The zero-order valence-corrected chi connectivity index (χ0v) is 39.7. The van der Waals surface area contributed by atoms with E-state index in [-0.39, 0.29) is 0 Å². The van der Waals surface area contributed by atoms with Crippen LogP contribution < -0.4 is 5.32 Å². The molecule has 4 aromatic carbocycles. The van der Waals surface area contributed by atoms with Gasteiger partial charge in [-0.15, -0.1) is 24.2 Å². The van der Waals surface area contributed by atoms with E-state index in [1.165, 1.54) is 65.9 Å². The third-order valence-electron chi connectivity index (χ3n) is 10.8. The number of nitrogens with zero attached hydrogens (tertiary/aromatic N) is 1. The van der Waals surface area contributed by atoms with Gasteiger partial charge in [0, 0.05) is 41.3 Å². The lowest BCUT2D eigenvalue weighted by Crippen LogP contribution is -2.15. The Balaban J connectivity index is 0.00000391. The number of aryl methyl sites for hydroxylation is 1. The Labute approximate surface area is 393 Å². The monoisotopic (exact) mass is 872 g/mol. The van der Waals surface area contributed by atoms with E-state index in [9.17, 15) is 0 Å². The van der Waals surface area contributed by atoms with Gasteiger partial charge in [-0.05, 0) is 149 Å². The van der Waals surface area contributed by atoms with E-state index in [0.29, 0.717) is 6.61 Å². The molecule has 330 valence electrons. The van der Waals surface area contributed by atoms with Gasteiger partial charge in [-0.25, -0.2) is 0 Å². The maximum absolute atomic E-state index is 5.84. The number of aliphatic imine (C=N–C) groups is 1. The molecule has 6 rings (SSSR count). The van der Waals surface area contributed by atoms with Gasteiger partial charge in [0.25, 0.3) is 0 Å². The summed E-state index contributed by atoms with van der Waals surface area (Å²) in [5.41, 5.74) is 14.5. The highest BCUT2D eigenvalue weighted by atomic mass is 32.1. The topological polar surface area (TPSA) is 33.6 Å². The molecule has 4 heteroatoms. The maximum atomic E-state index is 5.84. The molecule has 2 heterocycles. The molecular weight excluding hydrogens is 809 g/mol. The lowest BCUT2D eigenvalue weighted by Gasteiger charge is -2.17. The Bertz CT molecular complexity index is 2710. The summed E-state index contributed by atoms with van der Waals surface area (Å²) in [4.78, 5) is 4.35. The Morgan fingerprint density at radius 2 is 1.52 bits per heavy atom. The molecule has 0 saturated heterocycles. The number of hydrogen-bond donors (Lipinski definition) is 1. The SMILES string of the molecule is C#C.CC/C=C\C(=C/Cc1ccc2sccccccc2c1)C/C=C\C(C)=C(/NCCC)c1cc(-c2cccc(-c3cccc(C4=C/C=C(\C)OC/C=C\N=CC\C=C\4)c3)c2)ccc1C. The van der Waals surface area contributed by atoms with E-state index >= 15 is 0 Å². The number of fused-ring (bicyclic) bond motifs is 1. The van der Waals surface area contributed by atoms with Crippen LogP contribution in [0.1, 0.15) is 75.6 Å². The number of nitrogens with one attached hydrogen (secondary N) is 1.